The van der Waals surface area contributed by atoms with Crippen molar-refractivity contribution in [2.75, 3.05) is 6.61 Å². The monoisotopic (exact) mass is 465 g/mol. The zero-order chi connectivity index (χ0) is 24.2. The first-order chi connectivity index (χ1) is 14.5. The van der Waals surface area contributed by atoms with Crippen LogP contribution in [0.2, 0.25) is 18.1 Å². The van der Waals surface area contributed by atoms with E-state index < -0.39 is 37.4 Å². The van der Waals surface area contributed by atoms with Crippen LogP contribution in [0.25, 0.3) is 0 Å². The third-order valence-electron chi connectivity index (χ3n) is 7.36. The summed E-state index contributed by atoms with van der Waals surface area (Å²) in [5.41, 5.74) is -1.14. The summed E-state index contributed by atoms with van der Waals surface area (Å²) in [6.07, 6.45) is 2.50. The van der Waals surface area contributed by atoms with Crippen LogP contribution in [0.5, 0.6) is 0 Å². The van der Waals surface area contributed by atoms with E-state index in [0.717, 1.165) is 12.8 Å². The molecule has 0 radical (unpaired) electrons. The molecule has 0 spiro atoms. The van der Waals surface area contributed by atoms with Gasteiger partial charge in [-0.05, 0) is 64.6 Å². The fraction of sp³-hybridized carbons (Fsp3) is 0.783. The SMILES string of the molecule is Cc1cn([C@H]2[C@@H]3CC[C@@H]3[C@@H](CO[Si](C)(C)C(C)(C)C)N2C(=O)OC(C)(C)C)c(=O)[nH]c1=O. The Balaban J connectivity index is 2.02. The number of hydrogen-bond donors (Lipinski definition) is 1. The zero-order valence-corrected chi connectivity index (χ0v) is 21.9. The maximum Gasteiger partial charge on any atom is 0.412 e. The van der Waals surface area contributed by atoms with E-state index >= 15 is 0 Å². The molecule has 2 fully saturated rings. The molecule has 32 heavy (non-hydrogen) atoms. The van der Waals surface area contributed by atoms with Gasteiger partial charge in [0.15, 0.2) is 8.32 Å². The summed E-state index contributed by atoms with van der Waals surface area (Å²) in [6.45, 7) is 18.6. The Kier molecular flexibility index (Phi) is 6.32. The maximum absolute atomic E-state index is 13.4. The Morgan fingerprint density at radius 2 is 1.72 bits per heavy atom. The highest BCUT2D eigenvalue weighted by molar-refractivity contribution is 6.74. The molecule has 1 saturated carbocycles. The minimum atomic E-state index is -2.03. The van der Waals surface area contributed by atoms with Crippen molar-refractivity contribution in [2.45, 2.75) is 97.2 Å². The average molecular weight is 466 g/mol. The lowest BCUT2D eigenvalue weighted by molar-refractivity contribution is -0.00139. The number of H-pyrrole nitrogens is 1. The lowest BCUT2D eigenvalue weighted by Gasteiger charge is -2.40. The van der Waals surface area contributed by atoms with E-state index in [4.69, 9.17) is 9.16 Å². The Morgan fingerprint density at radius 3 is 2.22 bits per heavy atom. The summed E-state index contributed by atoms with van der Waals surface area (Å²) >= 11 is 0. The van der Waals surface area contributed by atoms with Crippen molar-refractivity contribution in [1.29, 1.82) is 0 Å². The van der Waals surface area contributed by atoms with E-state index in [9.17, 15) is 14.4 Å². The van der Waals surface area contributed by atoms with Crippen LogP contribution in [-0.4, -0.2) is 47.1 Å². The lowest BCUT2D eigenvalue weighted by atomic mass is 9.72. The van der Waals surface area contributed by atoms with E-state index in [2.05, 4.69) is 38.8 Å². The first-order valence-electron chi connectivity index (χ1n) is 11.5. The van der Waals surface area contributed by atoms with Crippen LogP contribution >= 0.6 is 0 Å². The predicted octanol–water partition coefficient (Wildman–Crippen LogP) is 4.01. The standard InChI is InChI=1S/C23H39N3O5Si/c1-14-12-25(20(28)24-18(14)27)19-16-11-10-15(16)17(13-30-32(8,9)23(5,6)7)26(19)21(29)31-22(2,3)4/h12,15-17,19H,10-11,13H2,1-9H3,(H,24,27,28)/t15-,16+,17+,19+/m0/s1. The number of carbonyl (C=O) groups is 1. The van der Waals surface area contributed by atoms with Gasteiger partial charge in [0.05, 0.1) is 12.6 Å². The number of aromatic amines is 1. The molecule has 1 aliphatic heterocycles. The Labute approximate surface area is 191 Å². The molecule has 2 heterocycles. The number of carbonyl (C=O) groups excluding carboxylic acids is 1. The summed E-state index contributed by atoms with van der Waals surface area (Å²) in [7, 11) is -2.03. The van der Waals surface area contributed by atoms with Crippen molar-refractivity contribution in [3.8, 4) is 0 Å². The van der Waals surface area contributed by atoms with Crippen molar-refractivity contribution in [3.63, 3.8) is 0 Å². The summed E-state index contributed by atoms with van der Waals surface area (Å²) in [5.74, 6) is 0.356. The fourth-order valence-electron chi connectivity index (χ4n) is 4.40. The van der Waals surface area contributed by atoms with Crippen LogP contribution in [0.3, 0.4) is 0 Å². The molecular weight excluding hydrogens is 426 g/mol. The maximum atomic E-state index is 13.4. The van der Waals surface area contributed by atoms with Gasteiger partial charge in [-0.25, -0.2) is 9.59 Å². The molecule has 1 N–H and O–H groups in total. The van der Waals surface area contributed by atoms with Crippen molar-refractivity contribution < 1.29 is 14.0 Å². The van der Waals surface area contributed by atoms with Crippen LogP contribution in [0.1, 0.15) is 66.1 Å². The molecule has 1 aromatic rings. The van der Waals surface area contributed by atoms with Gasteiger partial charge in [-0.2, -0.15) is 0 Å². The van der Waals surface area contributed by atoms with E-state index in [-0.39, 0.29) is 22.9 Å². The topological polar surface area (TPSA) is 93.6 Å². The number of nitrogens with one attached hydrogen (secondary N) is 1. The van der Waals surface area contributed by atoms with Gasteiger partial charge in [0, 0.05) is 17.7 Å². The lowest BCUT2D eigenvalue weighted by Crippen LogP contribution is -2.50. The van der Waals surface area contributed by atoms with Crippen molar-refractivity contribution in [2.24, 2.45) is 11.8 Å². The molecule has 1 aliphatic carbocycles. The highest BCUT2D eigenvalue weighted by atomic mass is 28.4. The van der Waals surface area contributed by atoms with Crippen LogP contribution in [0, 0.1) is 18.8 Å². The molecule has 3 rings (SSSR count). The number of rotatable bonds is 4. The first-order valence-corrected chi connectivity index (χ1v) is 14.4. The van der Waals surface area contributed by atoms with Crippen LogP contribution in [0.15, 0.2) is 15.8 Å². The number of ether oxygens (including phenoxy) is 1. The number of amides is 1. The molecule has 1 aromatic heterocycles. The number of aryl methyl sites for hydroxylation is 1. The summed E-state index contributed by atoms with van der Waals surface area (Å²) < 4.78 is 13.8. The molecule has 8 nitrogen and oxygen atoms in total. The van der Waals surface area contributed by atoms with Gasteiger partial charge in [-0.1, -0.05) is 20.8 Å². The molecule has 1 amide bonds. The minimum absolute atomic E-state index is 0.0493. The van der Waals surface area contributed by atoms with Crippen molar-refractivity contribution >= 4 is 14.4 Å². The largest absolute Gasteiger partial charge is 0.444 e. The summed E-state index contributed by atoms with van der Waals surface area (Å²) in [4.78, 5) is 42.2. The summed E-state index contributed by atoms with van der Waals surface area (Å²) in [6, 6.07) is -0.179. The van der Waals surface area contributed by atoms with Gasteiger partial charge < -0.3 is 9.16 Å². The smallest absolute Gasteiger partial charge is 0.412 e. The normalized spacial score (nSPS) is 26.0. The number of aromatic nitrogens is 2. The Hall–Kier alpha value is -1.87. The van der Waals surface area contributed by atoms with E-state index in [1.165, 1.54) is 4.57 Å². The number of fused-ring (bicyclic) bond motifs is 1. The Morgan fingerprint density at radius 1 is 1.12 bits per heavy atom. The summed E-state index contributed by atoms with van der Waals surface area (Å²) in [5, 5.41) is 0.0493. The van der Waals surface area contributed by atoms with Crippen LogP contribution < -0.4 is 11.2 Å². The predicted molar refractivity (Wildman–Crippen MR) is 126 cm³/mol. The molecule has 0 unspecified atom stereocenters. The highest BCUT2D eigenvalue weighted by Gasteiger charge is 2.57. The molecular formula is C23H39N3O5Si. The first kappa shape index (κ1) is 24.8. The molecule has 2 aliphatic rings. The molecule has 180 valence electrons. The second-order valence-electron chi connectivity index (χ2n) is 11.8. The quantitative estimate of drug-likeness (QED) is 0.678. The molecule has 9 heteroatoms. The molecule has 1 saturated heterocycles. The second-order valence-corrected chi connectivity index (χ2v) is 16.6. The average Bonchev–Trinajstić information content (AvgIpc) is 2.80. The second kappa shape index (κ2) is 8.16. The van der Waals surface area contributed by atoms with Gasteiger partial charge in [0.25, 0.3) is 5.56 Å². The minimum Gasteiger partial charge on any atom is -0.444 e. The fourth-order valence-corrected chi connectivity index (χ4v) is 5.42. The van der Waals surface area contributed by atoms with Crippen molar-refractivity contribution in [3.05, 3.63) is 32.6 Å². The van der Waals surface area contributed by atoms with Gasteiger partial charge in [0.1, 0.15) is 11.8 Å². The van der Waals surface area contributed by atoms with Gasteiger partial charge in [-0.3, -0.25) is 19.2 Å². The number of hydrogen-bond acceptors (Lipinski definition) is 5. The zero-order valence-electron chi connectivity index (χ0n) is 20.9. The molecule has 0 aromatic carbocycles. The third-order valence-corrected chi connectivity index (χ3v) is 11.9. The Bertz CT molecular complexity index is 985. The molecule has 4 atom stereocenters. The van der Waals surface area contributed by atoms with E-state index in [1.807, 2.05) is 20.8 Å². The van der Waals surface area contributed by atoms with Gasteiger partial charge in [-0.15, -0.1) is 0 Å². The highest BCUT2D eigenvalue weighted by Crippen LogP contribution is 2.54. The van der Waals surface area contributed by atoms with Gasteiger partial charge >= 0.3 is 11.8 Å². The number of likely N-dealkylation sites (tertiary alicyclic amines) is 1. The van der Waals surface area contributed by atoms with Gasteiger partial charge in [0.2, 0.25) is 0 Å². The van der Waals surface area contributed by atoms with Crippen LogP contribution in [0.4, 0.5) is 4.79 Å². The van der Waals surface area contributed by atoms with Crippen LogP contribution in [-0.2, 0) is 9.16 Å². The number of nitrogens with zero attached hydrogens (tertiary/aromatic N) is 2. The third kappa shape index (κ3) is 4.59. The van der Waals surface area contributed by atoms with E-state index in [0.29, 0.717) is 12.2 Å². The van der Waals surface area contributed by atoms with E-state index in [1.54, 1.807) is 18.0 Å². The van der Waals surface area contributed by atoms with Crippen molar-refractivity contribution in [1.82, 2.24) is 14.5 Å². The molecule has 0 bridgehead atoms.